The van der Waals surface area contributed by atoms with Gasteiger partial charge in [0.2, 0.25) is 0 Å². The standard InChI is InChI=1S/C40H51N4O4S2/c1-6-33(21-24-41-2)9-10-34-13-17-37(18-14-34)43(4)25-7-29-47-39(45)31-49-50-32-40(46)48-30-8-26-44(5)38-19-15-35(16-20-38)11-12-36-22-27-42(3)28-23-36/h9-24,27-28H,6-8,25-26,29-32H2,1-5H3/q+1/b10-9+,33-21+,41-24?. The number of ether oxygens (including phenoxy) is 2. The van der Waals surface area contributed by atoms with Gasteiger partial charge in [0.15, 0.2) is 12.4 Å². The van der Waals surface area contributed by atoms with E-state index < -0.39 is 0 Å². The van der Waals surface area contributed by atoms with Gasteiger partial charge in [0.25, 0.3) is 0 Å². The predicted molar refractivity (Wildman–Crippen MR) is 214 cm³/mol. The van der Waals surface area contributed by atoms with Gasteiger partial charge in [-0.25, -0.2) is 4.57 Å². The van der Waals surface area contributed by atoms with Crippen LogP contribution in [0.1, 0.15) is 42.9 Å². The molecule has 0 amide bonds. The molecule has 0 N–H and O–H groups in total. The Morgan fingerprint density at radius 1 is 0.740 bits per heavy atom. The third-order valence-electron chi connectivity index (χ3n) is 7.71. The maximum Gasteiger partial charge on any atom is 0.316 e. The number of nitrogens with zero attached hydrogens (tertiary/aromatic N) is 4. The van der Waals surface area contributed by atoms with Crippen molar-refractivity contribution in [1.29, 1.82) is 0 Å². The third-order valence-corrected chi connectivity index (χ3v) is 9.80. The number of aromatic nitrogens is 1. The molecule has 0 bridgehead atoms. The quantitative estimate of drug-likeness (QED) is 0.0280. The average Bonchev–Trinajstić information content (AvgIpc) is 3.13. The smallest absolute Gasteiger partial charge is 0.316 e. The third kappa shape index (κ3) is 16.0. The van der Waals surface area contributed by atoms with Gasteiger partial charge in [-0.15, -0.1) is 0 Å². The lowest BCUT2D eigenvalue weighted by Gasteiger charge is -2.19. The Bertz CT molecular complexity index is 1570. The fourth-order valence-corrected chi connectivity index (χ4v) is 6.26. The SMILES string of the molecule is CCC(/C=C/c1ccc(N(C)CCCOC(=O)CSSCC(=O)OCCCN(C)c2ccc(C=Cc3cc[n+](C)cc3)cc2)cc1)=C\C=NC. The van der Waals surface area contributed by atoms with Crippen molar-refractivity contribution in [2.75, 3.05) is 68.8 Å². The summed E-state index contributed by atoms with van der Waals surface area (Å²) in [6, 6.07) is 20.9. The van der Waals surface area contributed by atoms with Crippen LogP contribution in [0.25, 0.3) is 18.2 Å². The molecule has 0 aliphatic rings. The second-order valence-electron chi connectivity index (χ2n) is 11.7. The fourth-order valence-electron chi connectivity index (χ4n) is 4.66. The number of aryl methyl sites for hydroxylation is 1. The van der Waals surface area contributed by atoms with Crippen molar-refractivity contribution in [2.45, 2.75) is 26.2 Å². The van der Waals surface area contributed by atoms with Gasteiger partial charge in [-0.1, -0.05) is 77.1 Å². The molecule has 0 unspecified atom stereocenters. The van der Waals surface area contributed by atoms with Gasteiger partial charge in [-0.2, -0.15) is 0 Å². The zero-order valence-corrected chi connectivity index (χ0v) is 31.6. The molecule has 0 aliphatic heterocycles. The van der Waals surface area contributed by atoms with Gasteiger partial charge >= 0.3 is 11.9 Å². The summed E-state index contributed by atoms with van der Waals surface area (Å²) < 4.78 is 12.8. The highest BCUT2D eigenvalue weighted by atomic mass is 33.1. The fraction of sp³-hybridized carbons (Fsp3) is 0.350. The van der Waals surface area contributed by atoms with Crippen molar-refractivity contribution >= 4 is 69.3 Å². The van der Waals surface area contributed by atoms with Crippen LogP contribution in [0.15, 0.2) is 95.8 Å². The summed E-state index contributed by atoms with van der Waals surface area (Å²) in [6.07, 6.45) is 18.7. The van der Waals surface area contributed by atoms with Crippen molar-refractivity contribution < 1.29 is 23.6 Å². The van der Waals surface area contributed by atoms with Gasteiger partial charge in [0.05, 0.1) is 13.2 Å². The first-order chi connectivity index (χ1) is 24.3. The molecule has 0 aliphatic carbocycles. The molecule has 266 valence electrons. The largest absolute Gasteiger partial charge is 0.465 e. The number of rotatable bonds is 21. The van der Waals surface area contributed by atoms with E-state index in [1.807, 2.05) is 50.4 Å². The van der Waals surface area contributed by atoms with E-state index in [4.69, 9.17) is 9.47 Å². The van der Waals surface area contributed by atoms with Crippen LogP contribution in [0.4, 0.5) is 11.4 Å². The Morgan fingerprint density at radius 2 is 1.20 bits per heavy atom. The van der Waals surface area contributed by atoms with Crippen LogP contribution in [0, 0.1) is 0 Å². The summed E-state index contributed by atoms with van der Waals surface area (Å²) in [4.78, 5) is 32.6. The second-order valence-corrected chi connectivity index (χ2v) is 14.1. The number of hydrogen-bond acceptors (Lipinski definition) is 9. The van der Waals surface area contributed by atoms with Crippen LogP contribution >= 0.6 is 21.6 Å². The lowest BCUT2D eigenvalue weighted by Crippen LogP contribution is -2.25. The normalized spacial score (nSPS) is 11.8. The summed E-state index contributed by atoms with van der Waals surface area (Å²) >= 11 is 0. The summed E-state index contributed by atoms with van der Waals surface area (Å²) in [5, 5.41) is 0. The van der Waals surface area contributed by atoms with Gasteiger partial charge in [-0.05, 0) is 71.9 Å². The highest BCUT2D eigenvalue weighted by molar-refractivity contribution is 8.77. The molecule has 2 aromatic carbocycles. The molecule has 3 aromatic rings. The van der Waals surface area contributed by atoms with E-state index in [-0.39, 0.29) is 23.4 Å². The molecule has 0 saturated carbocycles. The molecule has 0 fully saturated rings. The maximum absolute atomic E-state index is 12.1. The van der Waals surface area contributed by atoms with Crippen LogP contribution in [-0.2, 0) is 26.1 Å². The Labute approximate surface area is 306 Å². The van der Waals surface area contributed by atoms with Crippen molar-refractivity contribution in [3.63, 3.8) is 0 Å². The van der Waals surface area contributed by atoms with E-state index >= 15 is 0 Å². The van der Waals surface area contributed by atoms with E-state index in [2.05, 4.69) is 107 Å². The Balaban J connectivity index is 1.20. The van der Waals surface area contributed by atoms with E-state index in [9.17, 15) is 9.59 Å². The topological polar surface area (TPSA) is 75.3 Å². The van der Waals surface area contributed by atoms with Crippen molar-refractivity contribution in [3.8, 4) is 0 Å². The maximum atomic E-state index is 12.1. The van der Waals surface area contributed by atoms with E-state index in [1.165, 1.54) is 27.2 Å². The minimum Gasteiger partial charge on any atom is -0.465 e. The van der Waals surface area contributed by atoms with E-state index in [0.29, 0.717) is 13.2 Å². The molecular weight excluding hydrogens is 665 g/mol. The molecule has 1 heterocycles. The molecule has 0 atom stereocenters. The predicted octanol–water partition coefficient (Wildman–Crippen LogP) is 7.55. The van der Waals surface area contributed by atoms with Crippen LogP contribution in [0.3, 0.4) is 0 Å². The molecule has 3 rings (SSSR count). The molecule has 0 radical (unpaired) electrons. The van der Waals surface area contributed by atoms with Crippen molar-refractivity contribution in [2.24, 2.45) is 12.0 Å². The van der Waals surface area contributed by atoms with Crippen LogP contribution in [0.5, 0.6) is 0 Å². The Hall–Kier alpha value is -4.28. The first kappa shape index (κ1) is 40.2. The van der Waals surface area contributed by atoms with Crippen LogP contribution in [-0.4, -0.2) is 77.1 Å². The zero-order valence-electron chi connectivity index (χ0n) is 30.0. The first-order valence-electron chi connectivity index (χ1n) is 16.9. The summed E-state index contributed by atoms with van der Waals surface area (Å²) in [5.41, 5.74) is 6.86. The molecule has 50 heavy (non-hydrogen) atoms. The summed E-state index contributed by atoms with van der Waals surface area (Å²) in [7, 11) is 10.5. The van der Waals surface area contributed by atoms with Gasteiger partial charge < -0.3 is 19.3 Å². The molecule has 10 heteroatoms. The number of benzene rings is 2. The van der Waals surface area contributed by atoms with Crippen LogP contribution < -0.4 is 14.4 Å². The van der Waals surface area contributed by atoms with E-state index in [1.54, 1.807) is 7.05 Å². The van der Waals surface area contributed by atoms with E-state index in [0.717, 1.165) is 60.4 Å². The van der Waals surface area contributed by atoms with Crippen LogP contribution in [0.2, 0.25) is 0 Å². The minimum absolute atomic E-state index is 0.188. The number of carbonyl (C=O) groups excluding carboxylic acids is 2. The molecule has 1 aromatic heterocycles. The molecule has 8 nitrogen and oxygen atoms in total. The number of carbonyl (C=O) groups is 2. The first-order valence-corrected chi connectivity index (χ1v) is 19.4. The summed E-state index contributed by atoms with van der Waals surface area (Å²) in [5.74, 6) is -0.183. The van der Waals surface area contributed by atoms with Gasteiger partial charge in [-0.3, -0.25) is 14.6 Å². The number of esters is 2. The molecule has 0 spiro atoms. The van der Waals surface area contributed by atoms with Gasteiger partial charge in [0, 0.05) is 64.0 Å². The number of pyridine rings is 1. The monoisotopic (exact) mass is 715 g/mol. The molecular formula is C40H51N4O4S2+. The lowest BCUT2D eigenvalue weighted by molar-refractivity contribution is -0.671. The Kier molecular flexibility index (Phi) is 18.6. The number of anilines is 2. The number of allylic oxidation sites excluding steroid dienone is 3. The highest BCUT2D eigenvalue weighted by Gasteiger charge is 2.09. The second kappa shape index (κ2) is 23.2. The van der Waals surface area contributed by atoms with Crippen molar-refractivity contribution in [1.82, 2.24) is 0 Å². The van der Waals surface area contributed by atoms with Crippen molar-refractivity contribution in [3.05, 3.63) is 107 Å². The zero-order chi connectivity index (χ0) is 36.0. The number of aliphatic imine (C=N–C) groups is 1. The highest BCUT2D eigenvalue weighted by Crippen LogP contribution is 2.22. The molecule has 0 saturated heterocycles. The lowest BCUT2D eigenvalue weighted by atomic mass is 10.1. The number of hydrogen-bond donors (Lipinski definition) is 0. The minimum atomic E-state index is -0.280. The van der Waals surface area contributed by atoms with Gasteiger partial charge in [0.1, 0.15) is 18.6 Å². The Morgan fingerprint density at radius 3 is 1.66 bits per heavy atom. The average molecular weight is 716 g/mol. The summed E-state index contributed by atoms with van der Waals surface area (Å²) in [6.45, 7) is 4.37.